The SMILES string of the molecule is CC1(c2ccc([N+](=O)[O-])cc2)OCCCS1. The number of thioether (sulfide) groups is 1. The van der Waals surface area contributed by atoms with Crippen molar-refractivity contribution in [2.45, 2.75) is 18.3 Å². The van der Waals surface area contributed by atoms with E-state index in [-0.39, 0.29) is 15.5 Å². The molecule has 0 saturated carbocycles. The zero-order chi connectivity index (χ0) is 11.6. The Hall–Kier alpha value is -1.07. The molecule has 0 bridgehead atoms. The van der Waals surface area contributed by atoms with Gasteiger partial charge in [0.05, 0.1) is 4.92 Å². The van der Waals surface area contributed by atoms with Crippen LogP contribution in [0.4, 0.5) is 5.69 Å². The van der Waals surface area contributed by atoms with Crippen molar-refractivity contribution in [2.75, 3.05) is 12.4 Å². The van der Waals surface area contributed by atoms with Crippen molar-refractivity contribution in [3.05, 3.63) is 39.9 Å². The second-order valence-electron chi connectivity index (χ2n) is 3.80. The first-order valence-electron chi connectivity index (χ1n) is 5.15. The molecule has 0 amide bonds. The predicted octanol–water partition coefficient (Wildman–Crippen LogP) is 2.92. The lowest BCUT2D eigenvalue weighted by Gasteiger charge is -2.33. The summed E-state index contributed by atoms with van der Waals surface area (Å²) in [6.07, 6.45) is 1.06. The van der Waals surface area contributed by atoms with E-state index in [1.807, 2.05) is 6.92 Å². The lowest BCUT2D eigenvalue weighted by atomic mass is 10.1. The van der Waals surface area contributed by atoms with Gasteiger partial charge >= 0.3 is 0 Å². The topological polar surface area (TPSA) is 52.4 Å². The fourth-order valence-electron chi connectivity index (χ4n) is 1.69. The molecule has 5 heteroatoms. The van der Waals surface area contributed by atoms with Crippen LogP contribution in [-0.4, -0.2) is 17.3 Å². The van der Waals surface area contributed by atoms with Gasteiger partial charge in [-0.3, -0.25) is 10.1 Å². The monoisotopic (exact) mass is 239 g/mol. The maximum absolute atomic E-state index is 10.5. The number of benzene rings is 1. The van der Waals surface area contributed by atoms with Gasteiger partial charge in [0, 0.05) is 18.7 Å². The summed E-state index contributed by atoms with van der Waals surface area (Å²) in [5, 5.41) is 10.5. The third kappa shape index (κ3) is 2.20. The van der Waals surface area contributed by atoms with Crippen molar-refractivity contribution in [3.8, 4) is 0 Å². The zero-order valence-electron chi connectivity index (χ0n) is 9.01. The molecule has 1 atom stereocenters. The van der Waals surface area contributed by atoms with Crippen LogP contribution in [-0.2, 0) is 9.67 Å². The van der Waals surface area contributed by atoms with Crippen LogP contribution >= 0.6 is 11.8 Å². The summed E-state index contributed by atoms with van der Waals surface area (Å²) >= 11 is 1.74. The molecular weight excluding hydrogens is 226 g/mol. The van der Waals surface area contributed by atoms with Crippen molar-refractivity contribution in [2.24, 2.45) is 0 Å². The molecular formula is C11H13NO3S. The van der Waals surface area contributed by atoms with Crippen molar-refractivity contribution < 1.29 is 9.66 Å². The molecule has 1 unspecified atom stereocenters. The first kappa shape index (κ1) is 11.4. The van der Waals surface area contributed by atoms with Gasteiger partial charge in [0.25, 0.3) is 5.69 Å². The van der Waals surface area contributed by atoms with Crippen molar-refractivity contribution in [3.63, 3.8) is 0 Å². The van der Waals surface area contributed by atoms with Crippen LogP contribution in [0.2, 0.25) is 0 Å². The van der Waals surface area contributed by atoms with Gasteiger partial charge in [0.15, 0.2) is 0 Å². The number of nitrogens with zero attached hydrogens (tertiary/aromatic N) is 1. The first-order valence-corrected chi connectivity index (χ1v) is 6.13. The van der Waals surface area contributed by atoms with Crippen LogP contribution in [0.1, 0.15) is 18.9 Å². The van der Waals surface area contributed by atoms with E-state index in [1.54, 1.807) is 23.9 Å². The molecule has 1 aromatic rings. The second-order valence-corrected chi connectivity index (χ2v) is 5.28. The van der Waals surface area contributed by atoms with Gasteiger partial charge < -0.3 is 4.74 Å². The molecule has 1 aromatic carbocycles. The molecule has 0 spiro atoms. The van der Waals surface area contributed by atoms with Gasteiger partial charge in [-0.15, -0.1) is 11.8 Å². The Labute approximate surface area is 98.1 Å². The van der Waals surface area contributed by atoms with Gasteiger partial charge in [-0.25, -0.2) is 0 Å². The standard InChI is InChI=1S/C11H13NO3S/c1-11(15-7-2-8-16-11)9-3-5-10(6-4-9)12(13)14/h3-6H,2,7-8H2,1H3. The van der Waals surface area contributed by atoms with Crippen molar-refractivity contribution in [1.82, 2.24) is 0 Å². The highest BCUT2D eigenvalue weighted by molar-refractivity contribution is 8.00. The van der Waals surface area contributed by atoms with Crippen LogP contribution in [0.15, 0.2) is 24.3 Å². The van der Waals surface area contributed by atoms with E-state index in [0.717, 1.165) is 24.3 Å². The van der Waals surface area contributed by atoms with E-state index in [2.05, 4.69) is 0 Å². The molecule has 1 aliphatic rings. The molecule has 1 heterocycles. The van der Waals surface area contributed by atoms with E-state index in [0.29, 0.717) is 0 Å². The Morgan fingerprint density at radius 3 is 2.62 bits per heavy atom. The Morgan fingerprint density at radius 2 is 2.12 bits per heavy atom. The molecule has 0 N–H and O–H groups in total. The normalized spacial score (nSPS) is 25.3. The van der Waals surface area contributed by atoms with Gasteiger partial charge in [0.1, 0.15) is 4.93 Å². The van der Waals surface area contributed by atoms with Crippen molar-refractivity contribution in [1.29, 1.82) is 0 Å². The highest BCUT2D eigenvalue weighted by Gasteiger charge is 2.30. The summed E-state index contributed by atoms with van der Waals surface area (Å²) in [5.74, 6) is 1.06. The quantitative estimate of drug-likeness (QED) is 0.588. The summed E-state index contributed by atoms with van der Waals surface area (Å²) in [6, 6.07) is 6.60. The molecule has 0 aliphatic carbocycles. The zero-order valence-corrected chi connectivity index (χ0v) is 9.83. The Morgan fingerprint density at radius 1 is 1.44 bits per heavy atom. The Balaban J connectivity index is 2.23. The van der Waals surface area contributed by atoms with Crippen LogP contribution in [0.3, 0.4) is 0 Å². The lowest BCUT2D eigenvalue weighted by molar-refractivity contribution is -0.384. The maximum atomic E-state index is 10.5. The van der Waals surface area contributed by atoms with Crippen LogP contribution in [0, 0.1) is 10.1 Å². The van der Waals surface area contributed by atoms with E-state index >= 15 is 0 Å². The van der Waals surface area contributed by atoms with Crippen LogP contribution < -0.4 is 0 Å². The maximum Gasteiger partial charge on any atom is 0.269 e. The fourth-order valence-corrected chi connectivity index (χ4v) is 2.81. The third-order valence-corrected chi connectivity index (χ3v) is 4.04. The fraction of sp³-hybridized carbons (Fsp3) is 0.455. The van der Waals surface area contributed by atoms with E-state index < -0.39 is 0 Å². The number of hydrogen-bond acceptors (Lipinski definition) is 4. The largest absolute Gasteiger partial charge is 0.360 e. The number of ether oxygens (including phenoxy) is 1. The molecule has 4 nitrogen and oxygen atoms in total. The second kappa shape index (κ2) is 4.43. The minimum atomic E-state index is -0.388. The average Bonchev–Trinajstić information content (AvgIpc) is 2.30. The number of hydrogen-bond donors (Lipinski definition) is 0. The number of nitro benzene ring substituents is 1. The first-order chi connectivity index (χ1) is 7.62. The van der Waals surface area contributed by atoms with E-state index in [9.17, 15) is 10.1 Å². The number of rotatable bonds is 2. The van der Waals surface area contributed by atoms with Gasteiger partial charge in [-0.1, -0.05) is 0 Å². The highest BCUT2D eigenvalue weighted by Crippen LogP contribution is 2.40. The van der Waals surface area contributed by atoms with Gasteiger partial charge in [-0.2, -0.15) is 0 Å². The molecule has 1 saturated heterocycles. The van der Waals surface area contributed by atoms with Gasteiger partial charge in [0.2, 0.25) is 0 Å². The Kier molecular flexibility index (Phi) is 3.16. The van der Waals surface area contributed by atoms with Crippen LogP contribution in [0.25, 0.3) is 0 Å². The average molecular weight is 239 g/mol. The molecule has 16 heavy (non-hydrogen) atoms. The molecule has 0 aromatic heterocycles. The minimum Gasteiger partial charge on any atom is -0.360 e. The number of nitro groups is 1. The summed E-state index contributed by atoms with van der Waals surface area (Å²) < 4.78 is 5.74. The van der Waals surface area contributed by atoms with Crippen LogP contribution in [0.5, 0.6) is 0 Å². The molecule has 0 radical (unpaired) electrons. The summed E-state index contributed by atoms with van der Waals surface area (Å²) in [7, 11) is 0. The Bertz CT molecular complexity index is 385. The smallest absolute Gasteiger partial charge is 0.269 e. The minimum absolute atomic E-state index is 0.119. The summed E-state index contributed by atoms with van der Waals surface area (Å²) in [6.45, 7) is 2.76. The van der Waals surface area contributed by atoms with E-state index in [4.69, 9.17) is 4.74 Å². The summed E-state index contributed by atoms with van der Waals surface area (Å²) in [4.78, 5) is 9.80. The van der Waals surface area contributed by atoms with Gasteiger partial charge in [-0.05, 0) is 36.8 Å². The van der Waals surface area contributed by atoms with Crippen molar-refractivity contribution >= 4 is 17.4 Å². The predicted molar refractivity (Wildman–Crippen MR) is 63.5 cm³/mol. The lowest BCUT2D eigenvalue weighted by Crippen LogP contribution is -2.27. The molecule has 2 rings (SSSR count). The highest BCUT2D eigenvalue weighted by atomic mass is 32.2. The van der Waals surface area contributed by atoms with E-state index in [1.165, 1.54) is 12.1 Å². The molecule has 1 fully saturated rings. The third-order valence-electron chi connectivity index (χ3n) is 2.65. The molecule has 1 aliphatic heterocycles. The number of non-ortho nitro benzene ring substituents is 1. The molecule has 86 valence electrons. The summed E-state index contributed by atoms with van der Waals surface area (Å²) in [5.41, 5.74) is 1.11.